The maximum absolute atomic E-state index is 12.7. The normalized spacial score (nSPS) is 11.2. The van der Waals surface area contributed by atoms with Crippen molar-refractivity contribution in [2.45, 2.75) is 13.3 Å². The van der Waals surface area contributed by atoms with Crippen LogP contribution in [0.5, 0.6) is 0 Å². The van der Waals surface area contributed by atoms with E-state index in [1.54, 1.807) is 0 Å². The summed E-state index contributed by atoms with van der Waals surface area (Å²) in [6.45, 7) is 2.14. The van der Waals surface area contributed by atoms with Gasteiger partial charge in [-0.2, -0.15) is 0 Å². The monoisotopic (exact) mass is 300 g/mol. The third-order valence-electron chi connectivity index (χ3n) is 4.27. The Morgan fingerprint density at radius 1 is 0.783 bits per heavy atom. The van der Waals surface area contributed by atoms with Gasteiger partial charge in [0.25, 0.3) is 0 Å². The summed E-state index contributed by atoms with van der Waals surface area (Å²) in [6.07, 6.45) is 1.02. The molecule has 112 valence electrons. The van der Waals surface area contributed by atoms with Gasteiger partial charge in [0.05, 0.1) is 10.8 Å². The molecule has 0 amide bonds. The maximum Gasteiger partial charge on any atom is 0.200 e. The predicted molar refractivity (Wildman–Crippen MR) is 94.8 cm³/mol. The fourth-order valence-electron chi connectivity index (χ4n) is 2.92. The maximum atomic E-state index is 12.7. The molecule has 0 bridgehead atoms. The smallest absolute Gasteiger partial charge is 0.200 e. The van der Waals surface area contributed by atoms with Crippen LogP contribution in [-0.2, 0) is 6.42 Å². The van der Waals surface area contributed by atoms with Crippen molar-refractivity contribution in [3.05, 3.63) is 82.5 Å². The molecule has 2 nitrogen and oxygen atoms in total. The summed E-state index contributed by atoms with van der Waals surface area (Å²) < 4.78 is 5.85. The molecule has 0 unspecified atom stereocenters. The van der Waals surface area contributed by atoms with Crippen LogP contribution < -0.4 is 5.43 Å². The van der Waals surface area contributed by atoms with Gasteiger partial charge in [-0.1, -0.05) is 49.4 Å². The lowest BCUT2D eigenvalue weighted by molar-refractivity contribution is 0.660. The van der Waals surface area contributed by atoms with Crippen molar-refractivity contribution in [2.75, 3.05) is 0 Å². The molecule has 0 aliphatic carbocycles. The lowest BCUT2D eigenvalue weighted by Gasteiger charge is -2.06. The summed E-state index contributed by atoms with van der Waals surface area (Å²) in [6, 6.07) is 21.6. The van der Waals surface area contributed by atoms with Crippen LogP contribution in [0.25, 0.3) is 33.1 Å². The second-order valence-electron chi connectivity index (χ2n) is 5.69. The third kappa shape index (κ3) is 2.33. The minimum atomic E-state index is 0.0221. The Balaban J connectivity index is 1.94. The zero-order valence-corrected chi connectivity index (χ0v) is 12.9. The number of fused-ring (bicyclic) bond motifs is 2. The lowest BCUT2D eigenvalue weighted by Crippen LogP contribution is -2.01. The summed E-state index contributed by atoms with van der Waals surface area (Å²) in [5.41, 5.74) is 4.72. The van der Waals surface area contributed by atoms with E-state index >= 15 is 0 Å². The van der Waals surface area contributed by atoms with Gasteiger partial charge in [-0.3, -0.25) is 4.79 Å². The highest BCUT2D eigenvalue weighted by Gasteiger charge is 2.08. The molecule has 3 aromatic carbocycles. The fourth-order valence-corrected chi connectivity index (χ4v) is 2.92. The van der Waals surface area contributed by atoms with E-state index in [0.29, 0.717) is 21.9 Å². The van der Waals surface area contributed by atoms with Crippen molar-refractivity contribution in [3.8, 4) is 11.1 Å². The highest BCUT2D eigenvalue weighted by Crippen LogP contribution is 2.25. The minimum absolute atomic E-state index is 0.0221. The Labute approximate surface area is 134 Å². The number of para-hydroxylation sites is 1. The Morgan fingerprint density at radius 3 is 2.26 bits per heavy atom. The van der Waals surface area contributed by atoms with Crippen molar-refractivity contribution in [3.63, 3.8) is 0 Å². The topological polar surface area (TPSA) is 30.2 Å². The van der Waals surface area contributed by atoms with Gasteiger partial charge in [0, 0.05) is 0 Å². The zero-order valence-electron chi connectivity index (χ0n) is 12.9. The van der Waals surface area contributed by atoms with Gasteiger partial charge < -0.3 is 4.42 Å². The third-order valence-corrected chi connectivity index (χ3v) is 4.27. The van der Waals surface area contributed by atoms with Crippen LogP contribution in [0.2, 0.25) is 0 Å². The molecule has 0 radical (unpaired) electrons. The molecule has 0 saturated carbocycles. The summed E-state index contributed by atoms with van der Waals surface area (Å²) >= 11 is 0. The molecule has 0 aliphatic heterocycles. The van der Waals surface area contributed by atoms with Crippen LogP contribution in [0.4, 0.5) is 0 Å². The zero-order chi connectivity index (χ0) is 15.8. The fraction of sp³-hybridized carbons (Fsp3) is 0.0952. The van der Waals surface area contributed by atoms with Gasteiger partial charge in [-0.25, -0.2) is 0 Å². The molecule has 2 heteroatoms. The first-order valence-electron chi connectivity index (χ1n) is 7.81. The number of rotatable bonds is 2. The Kier molecular flexibility index (Phi) is 3.23. The quantitative estimate of drug-likeness (QED) is 0.478. The number of aryl methyl sites for hydroxylation is 1. The Morgan fingerprint density at radius 2 is 1.48 bits per heavy atom. The summed E-state index contributed by atoms with van der Waals surface area (Å²) in [5.74, 6) is 0. The van der Waals surface area contributed by atoms with Crippen molar-refractivity contribution in [1.82, 2.24) is 0 Å². The molecule has 4 rings (SSSR count). The van der Waals surface area contributed by atoms with Crippen LogP contribution in [0, 0.1) is 0 Å². The first kappa shape index (κ1) is 13.8. The van der Waals surface area contributed by atoms with Gasteiger partial charge in [-0.05, 0) is 47.4 Å². The predicted octanol–water partition coefficient (Wildman–Crippen LogP) is 5.18. The van der Waals surface area contributed by atoms with Gasteiger partial charge in [0.15, 0.2) is 0 Å². The van der Waals surface area contributed by atoms with Gasteiger partial charge in [0.2, 0.25) is 5.43 Å². The molecule has 0 saturated heterocycles. The molecule has 0 N–H and O–H groups in total. The van der Waals surface area contributed by atoms with Crippen molar-refractivity contribution in [2.24, 2.45) is 0 Å². The van der Waals surface area contributed by atoms with E-state index in [4.69, 9.17) is 4.42 Å². The first-order valence-corrected chi connectivity index (χ1v) is 7.81. The first-order chi connectivity index (χ1) is 11.3. The average Bonchev–Trinajstić information content (AvgIpc) is 2.62. The second-order valence-corrected chi connectivity index (χ2v) is 5.69. The van der Waals surface area contributed by atoms with Crippen LogP contribution in [-0.4, -0.2) is 0 Å². The van der Waals surface area contributed by atoms with E-state index in [1.807, 2.05) is 42.5 Å². The van der Waals surface area contributed by atoms with Crippen LogP contribution in [0.3, 0.4) is 0 Å². The second kappa shape index (κ2) is 5.40. The number of hydrogen-bond donors (Lipinski definition) is 0. The molecule has 23 heavy (non-hydrogen) atoms. The standard InChI is InChI=1S/C21H16O2/c1-2-14-7-9-15(10-8-14)16-11-12-20-18(13-16)21(22)17-5-3-4-6-19(17)23-20/h3-13H,2H2,1H3. The molecule has 0 fully saturated rings. The summed E-state index contributed by atoms with van der Waals surface area (Å²) in [5, 5.41) is 1.25. The molecule has 4 aromatic rings. The van der Waals surface area contributed by atoms with E-state index in [2.05, 4.69) is 31.2 Å². The van der Waals surface area contributed by atoms with Gasteiger partial charge >= 0.3 is 0 Å². The highest BCUT2D eigenvalue weighted by molar-refractivity contribution is 5.91. The van der Waals surface area contributed by atoms with Gasteiger partial charge in [0.1, 0.15) is 11.2 Å². The highest BCUT2D eigenvalue weighted by atomic mass is 16.3. The summed E-state index contributed by atoms with van der Waals surface area (Å²) in [4.78, 5) is 12.7. The number of hydrogen-bond acceptors (Lipinski definition) is 2. The van der Waals surface area contributed by atoms with Gasteiger partial charge in [-0.15, -0.1) is 0 Å². The average molecular weight is 300 g/mol. The number of benzene rings is 3. The van der Waals surface area contributed by atoms with Crippen LogP contribution in [0.1, 0.15) is 12.5 Å². The largest absolute Gasteiger partial charge is 0.456 e. The van der Waals surface area contributed by atoms with E-state index < -0.39 is 0 Å². The summed E-state index contributed by atoms with van der Waals surface area (Å²) in [7, 11) is 0. The molecule has 0 atom stereocenters. The van der Waals surface area contributed by atoms with Crippen LogP contribution in [0.15, 0.2) is 75.9 Å². The molecule has 0 spiro atoms. The molecule has 0 aliphatic rings. The lowest BCUT2D eigenvalue weighted by atomic mass is 10.0. The van der Waals surface area contributed by atoms with Crippen LogP contribution >= 0.6 is 0 Å². The Hall–Kier alpha value is -2.87. The van der Waals surface area contributed by atoms with E-state index in [0.717, 1.165) is 17.5 Å². The van der Waals surface area contributed by atoms with E-state index in [-0.39, 0.29) is 5.43 Å². The van der Waals surface area contributed by atoms with Crippen molar-refractivity contribution < 1.29 is 4.42 Å². The van der Waals surface area contributed by atoms with Crippen molar-refractivity contribution in [1.29, 1.82) is 0 Å². The molecule has 1 heterocycles. The molecule has 1 aromatic heterocycles. The SMILES string of the molecule is CCc1ccc(-c2ccc3oc4ccccc4c(=O)c3c2)cc1. The molecular weight excluding hydrogens is 284 g/mol. The Bertz CT molecular complexity index is 1060. The van der Waals surface area contributed by atoms with E-state index in [9.17, 15) is 4.79 Å². The molecular formula is C21H16O2. The van der Waals surface area contributed by atoms with E-state index in [1.165, 1.54) is 5.56 Å². The van der Waals surface area contributed by atoms with Crippen molar-refractivity contribution >= 4 is 21.9 Å². The minimum Gasteiger partial charge on any atom is -0.456 e.